The zero-order valence-corrected chi connectivity index (χ0v) is 17.1. The van der Waals surface area contributed by atoms with Crippen LogP contribution in [0, 0.1) is 11.3 Å². The molecule has 1 heterocycles. The van der Waals surface area contributed by atoms with Crippen LogP contribution in [-0.2, 0) is 14.3 Å². The van der Waals surface area contributed by atoms with E-state index in [2.05, 4.69) is 0 Å². The highest BCUT2D eigenvalue weighted by molar-refractivity contribution is 6.22. The molecular weight excluding hydrogens is 398 g/mol. The van der Waals surface area contributed by atoms with Crippen molar-refractivity contribution >= 4 is 29.4 Å². The molecule has 0 bridgehead atoms. The molecule has 0 aromatic heterocycles. The number of esters is 1. The summed E-state index contributed by atoms with van der Waals surface area (Å²) in [7, 11) is 0. The lowest BCUT2D eigenvalue weighted by atomic mass is 10.1. The van der Waals surface area contributed by atoms with Crippen LogP contribution >= 0.6 is 0 Å². The van der Waals surface area contributed by atoms with Crippen LogP contribution in [-0.4, -0.2) is 47.3 Å². The summed E-state index contributed by atoms with van der Waals surface area (Å²) in [5.74, 6) is -2.54. The number of hydrogen-bond donors (Lipinski definition) is 0. The molecule has 158 valence electrons. The predicted octanol–water partition coefficient (Wildman–Crippen LogP) is 2.55. The minimum absolute atomic E-state index is 0.104. The molecule has 31 heavy (non-hydrogen) atoms. The van der Waals surface area contributed by atoms with Gasteiger partial charge >= 0.3 is 5.97 Å². The number of fused-ring (bicyclic) bond motifs is 1. The molecule has 3 rings (SSSR count). The number of anilines is 1. The number of imide groups is 1. The van der Waals surface area contributed by atoms with Crippen molar-refractivity contribution < 1.29 is 23.9 Å². The van der Waals surface area contributed by atoms with E-state index < -0.39 is 35.8 Å². The maximum atomic E-state index is 12.9. The molecular formula is C23H21N3O5. The van der Waals surface area contributed by atoms with Gasteiger partial charge in [-0.25, -0.2) is 4.79 Å². The number of nitrogens with zero attached hydrogens (tertiary/aromatic N) is 3. The molecule has 0 N–H and O–H groups in total. The second-order valence-corrected chi connectivity index (χ2v) is 7.01. The van der Waals surface area contributed by atoms with Gasteiger partial charge in [-0.1, -0.05) is 30.3 Å². The summed E-state index contributed by atoms with van der Waals surface area (Å²) in [6.07, 6.45) is -1.07. The Morgan fingerprint density at radius 2 is 1.55 bits per heavy atom. The van der Waals surface area contributed by atoms with Gasteiger partial charge in [0.25, 0.3) is 17.7 Å². The zero-order valence-electron chi connectivity index (χ0n) is 17.1. The van der Waals surface area contributed by atoms with Crippen molar-refractivity contribution in [2.24, 2.45) is 0 Å². The van der Waals surface area contributed by atoms with E-state index in [0.717, 1.165) is 4.90 Å². The first kappa shape index (κ1) is 21.7. The molecule has 0 fully saturated rings. The lowest BCUT2D eigenvalue weighted by Gasteiger charge is -2.27. The van der Waals surface area contributed by atoms with Crippen LogP contribution in [0.25, 0.3) is 0 Å². The van der Waals surface area contributed by atoms with Crippen molar-refractivity contribution in [3.63, 3.8) is 0 Å². The fraction of sp³-hybridized carbons (Fsp3) is 0.261. The van der Waals surface area contributed by atoms with E-state index in [1.165, 1.54) is 30.9 Å². The van der Waals surface area contributed by atoms with Crippen LogP contribution in [0.2, 0.25) is 0 Å². The number of benzene rings is 2. The number of rotatable bonds is 7. The summed E-state index contributed by atoms with van der Waals surface area (Å²) in [5.41, 5.74) is 1.02. The number of nitriles is 1. The average Bonchev–Trinajstić information content (AvgIpc) is 3.04. The molecule has 0 radical (unpaired) electrons. The molecule has 3 amide bonds. The Hall–Kier alpha value is -3.99. The average molecular weight is 419 g/mol. The second kappa shape index (κ2) is 9.22. The van der Waals surface area contributed by atoms with Crippen LogP contribution in [0.1, 0.15) is 41.0 Å². The van der Waals surface area contributed by atoms with Gasteiger partial charge < -0.3 is 9.64 Å². The van der Waals surface area contributed by atoms with Crippen molar-refractivity contribution in [3.05, 3.63) is 65.7 Å². The molecule has 0 saturated carbocycles. The maximum absolute atomic E-state index is 12.9. The fourth-order valence-corrected chi connectivity index (χ4v) is 3.34. The Labute approximate surface area is 179 Å². The monoisotopic (exact) mass is 419 g/mol. The Balaban J connectivity index is 1.72. The van der Waals surface area contributed by atoms with Gasteiger partial charge in [-0.3, -0.25) is 19.3 Å². The van der Waals surface area contributed by atoms with Gasteiger partial charge in [-0.15, -0.1) is 0 Å². The third kappa shape index (κ3) is 4.31. The molecule has 1 aliphatic rings. The van der Waals surface area contributed by atoms with Gasteiger partial charge in [-0.2, -0.15) is 5.26 Å². The highest BCUT2D eigenvalue weighted by atomic mass is 16.5. The molecule has 0 spiro atoms. The first-order valence-corrected chi connectivity index (χ1v) is 9.77. The summed E-state index contributed by atoms with van der Waals surface area (Å²) in [6.45, 7) is 2.93. The van der Waals surface area contributed by atoms with Gasteiger partial charge in [0.05, 0.1) is 23.6 Å². The number of carbonyl (C=O) groups excluding carboxylic acids is 4. The van der Waals surface area contributed by atoms with Crippen LogP contribution in [0.5, 0.6) is 0 Å². The van der Waals surface area contributed by atoms with Gasteiger partial charge in [0.1, 0.15) is 6.04 Å². The van der Waals surface area contributed by atoms with Crippen molar-refractivity contribution in [3.8, 4) is 6.07 Å². The SMILES string of the molecule is C[C@H](C(=O)O[C@H](C)C(=O)N(CCC#N)c1ccccc1)N1C(=O)c2ccccc2C1=O. The minimum atomic E-state index is -1.20. The lowest BCUT2D eigenvalue weighted by molar-refractivity contribution is -0.157. The number of ether oxygens (including phenoxy) is 1. The smallest absolute Gasteiger partial charge is 0.329 e. The predicted molar refractivity (Wildman–Crippen MR) is 111 cm³/mol. The van der Waals surface area contributed by atoms with Crippen molar-refractivity contribution in [2.75, 3.05) is 11.4 Å². The van der Waals surface area contributed by atoms with E-state index in [4.69, 9.17) is 10.00 Å². The Morgan fingerprint density at radius 1 is 1.00 bits per heavy atom. The van der Waals surface area contributed by atoms with Gasteiger partial charge in [0.2, 0.25) is 0 Å². The highest BCUT2D eigenvalue weighted by Crippen LogP contribution is 2.25. The van der Waals surface area contributed by atoms with E-state index in [-0.39, 0.29) is 24.1 Å². The number of amides is 3. The molecule has 0 unspecified atom stereocenters. The second-order valence-electron chi connectivity index (χ2n) is 7.01. The number of hydrogen-bond acceptors (Lipinski definition) is 6. The molecule has 2 aromatic rings. The number of para-hydroxylation sites is 1. The fourth-order valence-electron chi connectivity index (χ4n) is 3.34. The number of carbonyl (C=O) groups is 4. The molecule has 0 aliphatic carbocycles. The first-order chi connectivity index (χ1) is 14.9. The Kier molecular flexibility index (Phi) is 6.46. The normalized spacial score (nSPS) is 14.4. The largest absolute Gasteiger partial charge is 0.451 e. The van der Waals surface area contributed by atoms with Gasteiger partial charge in [0, 0.05) is 12.2 Å². The molecule has 0 saturated heterocycles. The quantitative estimate of drug-likeness (QED) is 0.504. The third-order valence-corrected chi connectivity index (χ3v) is 4.98. The van der Waals surface area contributed by atoms with Gasteiger partial charge in [-0.05, 0) is 38.1 Å². The van der Waals surface area contributed by atoms with E-state index in [0.29, 0.717) is 5.69 Å². The van der Waals surface area contributed by atoms with E-state index in [1.807, 2.05) is 6.07 Å². The summed E-state index contributed by atoms with van der Waals surface area (Å²) in [4.78, 5) is 53.0. The molecule has 1 aliphatic heterocycles. The summed E-state index contributed by atoms with van der Waals surface area (Å²) in [5, 5.41) is 8.90. The standard InChI is InChI=1S/C23H21N3O5/c1-15(26-21(28)18-11-6-7-12-19(18)22(26)29)23(30)31-16(2)20(27)25(14-8-13-24)17-9-4-3-5-10-17/h3-7,9-12,15-16H,8,14H2,1-2H3/t15-,16-/m1/s1. The van der Waals surface area contributed by atoms with E-state index >= 15 is 0 Å². The van der Waals surface area contributed by atoms with Crippen LogP contribution < -0.4 is 4.90 Å². The molecule has 2 aromatic carbocycles. The third-order valence-electron chi connectivity index (χ3n) is 4.98. The van der Waals surface area contributed by atoms with Crippen molar-refractivity contribution in [1.82, 2.24) is 4.90 Å². The minimum Gasteiger partial charge on any atom is -0.451 e. The molecule has 8 heteroatoms. The van der Waals surface area contributed by atoms with Gasteiger partial charge in [0.15, 0.2) is 6.10 Å². The first-order valence-electron chi connectivity index (χ1n) is 9.77. The summed E-state index contributed by atoms with van der Waals surface area (Å²) < 4.78 is 5.31. The van der Waals surface area contributed by atoms with E-state index in [1.54, 1.807) is 42.5 Å². The lowest BCUT2D eigenvalue weighted by Crippen LogP contribution is -2.47. The van der Waals surface area contributed by atoms with Crippen molar-refractivity contribution in [1.29, 1.82) is 5.26 Å². The highest BCUT2D eigenvalue weighted by Gasteiger charge is 2.42. The summed E-state index contributed by atoms with van der Waals surface area (Å²) >= 11 is 0. The van der Waals surface area contributed by atoms with Crippen LogP contribution in [0.15, 0.2) is 54.6 Å². The molecule has 8 nitrogen and oxygen atoms in total. The zero-order chi connectivity index (χ0) is 22.5. The van der Waals surface area contributed by atoms with Crippen molar-refractivity contribution in [2.45, 2.75) is 32.4 Å². The molecule has 2 atom stereocenters. The van der Waals surface area contributed by atoms with Crippen LogP contribution in [0.4, 0.5) is 5.69 Å². The maximum Gasteiger partial charge on any atom is 0.329 e. The Morgan fingerprint density at radius 3 is 2.10 bits per heavy atom. The van der Waals surface area contributed by atoms with Crippen LogP contribution in [0.3, 0.4) is 0 Å². The topological polar surface area (TPSA) is 108 Å². The van der Waals surface area contributed by atoms with E-state index in [9.17, 15) is 19.2 Å². The Bertz CT molecular complexity index is 1030. The summed E-state index contributed by atoms with van der Waals surface area (Å²) in [6, 6.07) is 15.8.